The van der Waals surface area contributed by atoms with Crippen molar-refractivity contribution in [1.82, 2.24) is 10.2 Å². The Morgan fingerprint density at radius 1 is 1.27 bits per heavy atom. The summed E-state index contributed by atoms with van der Waals surface area (Å²) in [5, 5.41) is 7.21. The highest BCUT2D eigenvalue weighted by molar-refractivity contribution is 7.98. The largest absolute Gasteiger partial charge is 0.355 e. The van der Waals surface area contributed by atoms with Crippen molar-refractivity contribution in [3.63, 3.8) is 0 Å². The maximum Gasteiger partial charge on any atom is 0.223 e. The first kappa shape index (κ1) is 18.7. The number of benzene rings is 1. The van der Waals surface area contributed by atoms with Crippen molar-refractivity contribution < 1.29 is 9.59 Å². The van der Waals surface area contributed by atoms with E-state index in [0.717, 1.165) is 22.6 Å². The first-order chi connectivity index (χ1) is 12.6. The Balaban J connectivity index is 1.51. The van der Waals surface area contributed by atoms with Crippen molar-refractivity contribution in [2.75, 3.05) is 12.3 Å². The molecule has 2 aromatic rings. The Kier molecular flexibility index (Phi) is 6.52. The van der Waals surface area contributed by atoms with E-state index < -0.39 is 0 Å². The van der Waals surface area contributed by atoms with Crippen molar-refractivity contribution in [2.45, 2.75) is 25.1 Å². The summed E-state index contributed by atoms with van der Waals surface area (Å²) in [5.74, 6) is 1.76. The molecule has 0 fully saturated rings. The van der Waals surface area contributed by atoms with Crippen molar-refractivity contribution in [1.29, 1.82) is 0 Å². The van der Waals surface area contributed by atoms with Crippen LogP contribution < -0.4 is 5.32 Å². The summed E-state index contributed by atoms with van der Waals surface area (Å²) in [5.41, 5.74) is 3.41. The SMILES string of the molecule is CC(=O)N1C=Cc2ccccc2C1CC(=O)NCCSCc1ccsc1. The van der Waals surface area contributed by atoms with Gasteiger partial charge in [-0.15, -0.1) is 0 Å². The molecule has 1 aliphatic rings. The van der Waals surface area contributed by atoms with E-state index in [1.54, 1.807) is 22.4 Å². The first-order valence-electron chi connectivity index (χ1n) is 8.56. The van der Waals surface area contributed by atoms with E-state index in [1.165, 1.54) is 12.5 Å². The fraction of sp³-hybridized carbons (Fsp3) is 0.300. The molecule has 1 aromatic carbocycles. The Hall–Kier alpha value is -2.05. The molecule has 1 N–H and O–H groups in total. The molecule has 4 nitrogen and oxygen atoms in total. The minimum absolute atomic E-state index is 0.0255. The smallest absolute Gasteiger partial charge is 0.223 e. The van der Waals surface area contributed by atoms with Gasteiger partial charge in [0.2, 0.25) is 11.8 Å². The molecule has 0 saturated carbocycles. The molecule has 26 heavy (non-hydrogen) atoms. The molecule has 0 bridgehead atoms. The number of carbonyl (C=O) groups is 2. The Bertz CT molecular complexity index is 787. The molecule has 1 atom stereocenters. The predicted octanol–water partition coefficient (Wildman–Crippen LogP) is 4.06. The van der Waals surface area contributed by atoms with E-state index in [1.807, 2.05) is 42.1 Å². The minimum atomic E-state index is -0.243. The number of thiophene rings is 1. The van der Waals surface area contributed by atoms with Crippen LogP contribution in [0.15, 0.2) is 47.3 Å². The van der Waals surface area contributed by atoms with Gasteiger partial charge in [-0.3, -0.25) is 9.59 Å². The number of hydrogen-bond donors (Lipinski definition) is 1. The molecular formula is C20H22N2O2S2. The number of rotatable bonds is 7. The topological polar surface area (TPSA) is 49.4 Å². The molecule has 1 unspecified atom stereocenters. The van der Waals surface area contributed by atoms with Crippen LogP contribution in [0.1, 0.15) is 36.1 Å². The second kappa shape index (κ2) is 9.05. The van der Waals surface area contributed by atoms with Gasteiger partial charge in [0.05, 0.1) is 12.5 Å². The van der Waals surface area contributed by atoms with Gasteiger partial charge < -0.3 is 10.2 Å². The molecule has 6 heteroatoms. The number of carbonyl (C=O) groups excluding carboxylic acids is 2. The first-order valence-corrected chi connectivity index (χ1v) is 10.7. The monoisotopic (exact) mass is 386 g/mol. The Morgan fingerprint density at radius 2 is 2.12 bits per heavy atom. The summed E-state index contributed by atoms with van der Waals surface area (Å²) >= 11 is 3.51. The summed E-state index contributed by atoms with van der Waals surface area (Å²) in [6.07, 6.45) is 3.97. The molecule has 0 saturated heterocycles. The molecule has 0 spiro atoms. The van der Waals surface area contributed by atoms with E-state index in [-0.39, 0.29) is 24.3 Å². The van der Waals surface area contributed by atoms with Gasteiger partial charge in [0.25, 0.3) is 0 Å². The maximum absolute atomic E-state index is 12.4. The van der Waals surface area contributed by atoms with Crippen molar-refractivity contribution >= 4 is 41.0 Å². The summed E-state index contributed by atoms with van der Waals surface area (Å²) in [4.78, 5) is 26.0. The maximum atomic E-state index is 12.4. The lowest BCUT2D eigenvalue weighted by Crippen LogP contribution is -2.35. The van der Waals surface area contributed by atoms with E-state index in [0.29, 0.717) is 6.54 Å². The van der Waals surface area contributed by atoms with Gasteiger partial charge in [-0.2, -0.15) is 23.1 Å². The van der Waals surface area contributed by atoms with Gasteiger partial charge in [0.15, 0.2) is 0 Å². The zero-order valence-corrected chi connectivity index (χ0v) is 16.3. The zero-order valence-electron chi connectivity index (χ0n) is 14.7. The number of amides is 2. The van der Waals surface area contributed by atoms with E-state index >= 15 is 0 Å². The van der Waals surface area contributed by atoms with Crippen LogP contribution >= 0.6 is 23.1 Å². The summed E-state index contributed by atoms with van der Waals surface area (Å²) < 4.78 is 0. The molecule has 1 aliphatic heterocycles. The third kappa shape index (κ3) is 4.77. The van der Waals surface area contributed by atoms with Crippen LogP contribution in [-0.4, -0.2) is 29.0 Å². The molecule has 136 valence electrons. The van der Waals surface area contributed by atoms with Crippen LogP contribution in [0.3, 0.4) is 0 Å². The molecule has 2 amide bonds. The molecule has 0 radical (unpaired) electrons. The average molecular weight is 387 g/mol. The fourth-order valence-corrected chi connectivity index (χ4v) is 4.57. The quantitative estimate of drug-likeness (QED) is 0.730. The summed E-state index contributed by atoms with van der Waals surface area (Å²) in [6, 6.07) is 9.79. The van der Waals surface area contributed by atoms with E-state index in [2.05, 4.69) is 22.1 Å². The lowest BCUT2D eigenvalue weighted by molar-refractivity contribution is -0.129. The predicted molar refractivity (Wildman–Crippen MR) is 109 cm³/mol. The minimum Gasteiger partial charge on any atom is -0.355 e. The van der Waals surface area contributed by atoms with Crippen molar-refractivity contribution in [3.05, 3.63) is 64.0 Å². The number of thioether (sulfide) groups is 1. The fourth-order valence-electron chi connectivity index (χ4n) is 2.99. The van der Waals surface area contributed by atoms with Crippen LogP contribution in [0.25, 0.3) is 6.08 Å². The van der Waals surface area contributed by atoms with Crippen LogP contribution in [0.5, 0.6) is 0 Å². The highest BCUT2D eigenvalue weighted by atomic mass is 32.2. The average Bonchev–Trinajstić information content (AvgIpc) is 3.15. The van der Waals surface area contributed by atoms with E-state index in [4.69, 9.17) is 0 Å². The lowest BCUT2D eigenvalue weighted by atomic mass is 9.93. The third-order valence-electron chi connectivity index (χ3n) is 4.27. The standard InChI is InChI=1S/C20H22N2O2S2/c1-15(23)22-9-6-17-4-2-3-5-18(17)19(22)12-20(24)21-8-11-26-14-16-7-10-25-13-16/h2-7,9-10,13,19H,8,11-12,14H2,1H3,(H,21,24). The van der Waals surface area contributed by atoms with Gasteiger partial charge in [0, 0.05) is 31.2 Å². The molecule has 1 aromatic heterocycles. The second-order valence-electron chi connectivity index (χ2n) is 6.13. The number of nitrogens with zero attached hydrogens (tertiary/aromatic N) is 1. The number of nitrogens with one attached hydrogen (secondary N) is 1. The molecule has 0 aliphatic carbocycles. The normalized spacial score (nSPS) is 15.6. The van der Waals surface area contributed by atoms with Crippen LogP contribution in [0.4, 0.5) is 0 Å². The van der Waals surface area contributed by atoms with Gasteiger partial charge in [-0.25, -0.2) is 0 Å². The third-order valence-corrected chi connectivity index (χ3v) is 6.03. The Morgan fingerprint density at radius 3 is 2.88 bits per heavy atom. The molecule has 3 rings (SSSR count). The van der Waals surface area contributed by atoms with Crippen molar-refractivity contribution in [3.8, 4) is 0 Å². The van der Waals surface area contributed by atoms with Crippen LogP contribution in [0, 0.1) is 0 Å². The highest BCUT2D eigenvalue weighted by Crippen LogP contribution is 2.32. The van der Waals surface area contributed by atoms with Gasteiger partial charge >= 0.3 is 0 Å². The summed E-state index contributed by atoms with van der Waals surface area (Å²) in [6.45, 7) is 2.17. The molecule has 2 heterocycles. The van der Waals surface area contributed by atoms with Crippen LogP contribution in [0.2, 0.25) is 0 Å². The zero-order chi connectivity index (χ0) is 18.4. The van der Waals surface area contributed by atoms with Crippen molar-refractivity contribution in [2.24, 2.45) is 0 Å². The van der Waals surface area contributed by atoms with Gasteiger partial charge in [-0.05, 0) is 39.6 Å². The second-order valence-corrected chi connectivity index (χ2v) is 8.01. The van der Waals surface area contributed by atoms with Crippen LogP contribution in [-0.2, 0) is 15.3 Å². The molecular weight excluding hydrogens is 364 g/mol. The highest BCUT2D eigenvalue weighted by Gasteiger charge is 2.27. The van der Waals surface area contributed by atoms with Gasteiger partial charge in [0.1, 0.15) is 0 Å². The van der Waals surface area contributed by atoms with Gasteiger partial charge in [-0.1, -0.05) is 24.3 Å². The summed E-state index contributed by atoms with van der Waals surface area (Å²) in [7, 11) is 0. The van der Waals surface area contributed by atoms with E-state index in [9.17, 15) is 9.59 Å². The number of hydrogen-bond acceptors (Lipinski definition) is 4. The lowest BCUT2D eigenvalue weighted by Gasteiger charge is -2.32. The number of fused-ring (bicyclic) bond motifs is 1. The Labute approximate surface area is 162 Å².